The van der Waals surface area contributed by atoms with Gasteiger partial charge in [0.2, 0.25) is 5.91 Å². The molecule has 1 saturated heterocycles. The summed E-state index contributed by atoms with van der Waals surface area (Å²) in [5.74, 6) is -4.81. The van der Waals surface area contributed by atoms with Crippen LogP contribution in [0.25, 0.3) is 0 Å². The van der Waals surface area contributed by atoms with Crippen LogP contribution >= 0.6 is 15.9 Å². The Bertz CT molecular complexity index is 775. The average Bonchev–Trinajstić information content (AvgIpc) is 2.50. The first-order valence-electron chi connectivity index (χ1n) is 7.51. The van der Waals surface area contributed by atoms with Crippen molar-refractivity contribution in [1.82, 2.24) is 4.90 Å². The third-order valence-electron chi connectivity index (χ3n) is 4.27. The second-order valence-corrected chi connectivity index (χ2v) is 9.21. The van der Waals surface area contributed by atoms with Crippen LogP contribution in [-0.4, -0.2) is 44.0 Å². The van der Waals surface area contributed by atoms with Crippen LogP contribution in [0.3, 0.4) is 0 Å². The van der Waals surface area contributed by atoms with E-state index < -0.39 is 55.6 Å². The molecule has 0 saturated carbocycles. The molecule has 1 unspecified atom stereocenters. The molecule has 0 N–H and O–H groups in total. The number of carbonyl (C=O) groups is 1. The van der Waals surface area contributed by atoms with Crippen molar-refractivity contribution < 1.29 is 35.2 Å². The fourth-order valence-corrected chi connectivity index (χ4v) is 4.64. The number of amides is 1. The van der Waals surface area contributed by atoms with E-state index in [-0.39, 0.29) is 24.3 Å². The van der Waals surface area contributed by atoms with Crippen molar-refractivity contribution in [1.29, 1.82) is 0 Å². The molecule has 1 heterocycles. The number of nitrogens with zero attached hydrogens (tertiary/aromatic N) is 1. The highest BCUT2D eigenvalue weighted by Crippen LogP contribution is 2.40. The topological polar surface area (TPSA) is 54.5 Å². The molecule has 0 radical (unpaired) electrons. The third kappa shape index (κ3) is 4.54. The van der Waals surface area contributed by atoms with Gasteiger partial charge in [-0.05, 0) is 46.5 Å². The van der Waals surface area contributed by atoms with Crippen molar-refractivity contribution in [2.45, 2.75) is 25.1 Å². The Morgan fingerprint density at radius 1 is 1.19 bits per heavy atom. The maximum atomic E-state index is 13.7. The second kappa shape index (κ2) is 7.41. The molecule has 1 amide bonds. The number of hydrogen-bond donors (Lipinski definition) is 0. The largest absolute Gasteiger partial charge is 0.413 e. The van der Waals surface area contributed by atoms with Gasteiger partial charge in [-0.15, -0.1) is 0 Å². The molecular weight excluding hydrogens is 449 g/mol. The predicted octanol–water partition coefficient (Wildman–Crippen LogP) is 3.61. The van der Waals surface area contributed by atoms with E-state index in [2.05, 4.69) is 15.9 Å². The first-order chi connectivity index (χ1) is 11.8. The lowest BCUT2D eigenvalue weighted by Crippen LogP contribution is -2.44. The molecule has 0 aliphatic carbocycles. The van der Waals surface area contributed by atoms with Crippen molar-refractivity contribution in [3.05, 3.63) is 33.8 Å². The summed E-state index contributed by atoms with van der Waals surface area (Å²) in [5, 5.41) is 0. The van der Waals surface area contributed by atoms with Crippen LogP contribution < -0.4 is 0 Å². The highest BCUT2D eigenvalue weighted by Gasteiger charge is 2.47. The Morgan fingerprint density at radius 3 is 2.08 bits per heavy atom. The third-order valence-corrected chi connectivity index (χ3v) is 6.74. The lowest BCUT2D eigenvalue weighted by atomic mass is 9.98. The summed E-state index contributed by atoms with van der Waals surface area (Å²) >= 11 is 2.58. The van der Waals surface area contributed by atoms with Crippen LogP contribution in [0.1, 0.15) is 24.4 Å². The number of alkyl halides is 3. The zero-order valence-corrected chi connectivity index (χ0v) is 15.9. The highest BCUT2D eigenvalue weighted by atomic mass is 79.9. The molecule has 1 fully saturated rings. The summed E-state index contributed by atoms with van der Waals surface area (Å²) in [4.78, 5) is 12.8. The molecule has 1 aliphatic heterocycles. The molecule has 26 heavy (non-hydrogen) atoms. The summed E-state index contributed by atoms with van der Waals surface area (Å²) < 4.78 is 90.1. The zero-order chi connectivity index (χ0) is 19.9. The molecule has 2 rings (SSSR count). The van der Waals surface area contributed by atoms with Crippen LogP contribution in [-0.2, 0) is 14.6 Å². The lowest BCUT2D eigenvalue weighted by Gasteiger charge is -2.34. The van der Waals surface area contributed by atoms with Crippen molar-refractivity contribution in [2.24, 2.45) is 5.92 Å². The summed E-state index contributed by atoms with van der Waals surface area (Å²) in [6, 6.07) is -1.52. The van der Waals surface area contributed by atoms with Crippen LogP contribution in [0.15, 0.2) is 16.6 Å². The summed E-state index contributed by atoms with van der Waals surface area (Å²) in [6.45, 7) is 0. The standard InChI is InChI=1S/C15H15BrF5NO3S/c1-22(14(23)8-2-4-26(24,25)5-3-8)13(15(19,20)21)9-6-10(17)12(16)11(18)7-9/h6-8,13H,2-5H2,1H3. The van der Waals surface area contributed by atoms with Gasteiger partial charge in [0.05, 0.1) is 16.0 Å². The molecule has 4 nitrogen and oxygen atoms in total. The van der Waals surface area contributed by atoms with E-state index >= 15 is 0 Å². The molecule has 0 aromatic heterocycles. The second-order valence-electron chi connectivity index (χ2n) is 6.12. The molecular formula is C15H15BrF5NO3S. The Morgan fingerprint density at radius 2 is 1.65 bits per heavy atom. The first kappa shape index (κ1) is 21.1. The molecule has 1 aromatic carbocycles. The maximum absolute atomic E-state index is 13.7. The quantitative estimate of drug-likeness (QED) is 0.508. The Hall–Kier alpha value is -1.23. The number of sulfone groups is 1. The smallest absolute Gasteiger partial charge is 0.330 e. The normalized spacial score (nSPS) is 19.2. The van der Waals surface area contributed by atoms with E-state index in [0.717, 1.165) is 7.05 Å². The van der Waals surface area contributed by atoms with E-state index in [9.17, 15) is 35.2 Å². The molecule has 146 valence electrons. The van der Waals surface area contributed by atoms with Crippen LogP contribution in [0.4, 0.5) is 22.0 Å². The fraction of sp³-hybridized carbons (Fsp3) is 0.533. The van der Waals surface area contributed by atoms with Gasteiger partial charge in [-0.3, -0.25) is 4.79 Å². The zero-order valence-electron chi connectivity index (χ0n) is 13.5. The molecule has 1 aliphatic rings. The number of hydrogen-bond acceptors (Lipinski definition) is 3. The minimum Gasteiger partial charge on any atom is -0.330 e. The van der Waals surface area contributed by atoms with Crippen molar-refractivity contribution in [3.63, 3.8) is 0 Å². The van der Waals surface area contributed by atoms with E-state index in [1.807, 2.05) is 0 Å². The maximum Gasteiger partial charge on any atom is 0.413 e. The summed E-state index contributed by atoms with van der Waals surface area (Å²) in [6.07, 6.45) is -5.14. The van der Waals surface area contributed by atoms with Gasteiger partial charge >= 0.3 is 6.18 Å². The SMILES string of the molecule is CN(C(=O)C1CCS(=O)(=O)CC1)C(c1cc(F)c(Br)c(F)c1)C(F)(F)F. The van der Waals surface area contributed by atoms with Crippen LogP contribution in [0.2, 0.25) is 0 Å². The van der Waals surface area contributed by atoms with E-state index in [1.165, 1.54) is 0 Å². The molecule has 0 spiro atoms. The van der Waals surface area contributed by atoms with Gasteiger partial charge in [-0.25, -0.2) is 17.2 Å². The van der Waals surface area contributed by atoms with E-state index in [0.29, 0.717) is 17.0 Å². The van der Waals surface area contributed by atoms with Gasteiger partial charge in [0.15, 0.2) is 6.04 Å². The molecule has 1 aromatic rings. The van der Waals surface area contributed by atoms with Gasteiger partial charge in [0, 0.05) is 13.0 Å². The number of benzene rings is 1. The van der Waals surface area contributed by atoms with Gasteiger partial charge in [0.1, 0.15) is 21.5 Å². The summed E-state index contributed by atoms with van der Waals surface area (Å²) in [5.41, 5.74) is -0.755. The monoisotopic (exact) mass is 463 g/mol. The van der Waals surface area contributed by atoms with Crippen molar-refractivity contribution >= 4 is 31.7 Å². The highest BCUT2D eigenvalue weighted by molar-refractivity contribution is 9.10. The summed E-state index contributed by atoms with van der Waals surface area (Å²) in [7, 11) is -2.40. The number of rotatable bonds is 3. The lowest BCUT2D eigenvalue weighted by molar-refractivity contribution is -0.190. The Kier molecular flexibility index (Phi) is 6.01. The fourth-order valence-electron chi connectivity index (χ4n) is 2.92. The Balaban J connectivity index is 2.34. The van der Waals surface area contributed by atoms with Crippen LogP contribution in [0.5, 0.6) is 0 Å². The van der Waals surface area contributed by atoms with Crippen molar-refractivity contribution in [3.8, 4) is 0 Å². The number of carbonyl (C=O) groups excluding carboxylic acids is 1. The van der Waals surface area contributed by atoms with E-state index in [1.54, 1.807) is 0 Å². The van der Waals surface area contributed by atoms with Gasteiger partial charge in [-0.1, -0.05) is 0 Å². The Labute approximate surface area is 155 Å². The van der Waals surface area contributed by atoms with Gasteiger partial charge in [0.25, 0.3) is 0 Å². The number of halogens is 6. The van der Waals surface area contributed by atoms with Crippen molar-refractivity contribution in [2.75, 3.05) is 18.6 Å². The van der Waals surface area contributed by atoms with Gasteiger partial charge < -0.3 is 4.90 Å². The first-order valence-corrected chi connectivity index (χ1v) is 10.1. The average molecular weight is 464 g/mol. The molecule has 0 bridgehead atoms. The molecule has 11 heteroatoms. The van der Waals surface area contributed by atoms with Gasteiger partial charge in [-0.2, -0.15) is 13.2 Å². The predicted molar refractivity (Wildman–Crippen MR) is 87.0 cm³/mol. The van der Waals surface area contributed by atoms with E-state index in [4.69, 9.17) is 0 Å². The molecule has 1 atom stereocenters. The minimum absolute atomic E-state index is 0.0842. The minimum atomic E-state index is -4.97. The van der Waals surface area contributed by atoms with Crippen LogP contribution in [0, 0.1) is 17.6 Å².